The zero-order valence-electron chi connectivity index (χ0n) is 32.8. The van der Waals surface area contributed by atoms with Gasteiger partial charge in [-0.25, -0.2) is 13.8 Å². The van der Waals surface area contributed by atoms with E-state index in [-0.39, 0.29) is 34.9 Å². The molecule has 2 atom stereocenters. The Morgan fingerprint density at radius 3 is 2.42 bits per heavy atom. The van der Waals surface area contributed by atoms with Crippen molar-refractivity contribution in [2.45, 2.75) is 50.6 Å². The number of aromatic amines is 1. The third-order valence-corrected chi connectivity index (χ3v) is 12.1. The second-order valence-corrected chi connectivity index (χ2v) is 15.8. The quantitative estimate of drug-likeness (QED) is 0.0999. The Morgan fingerprint density at radius 1 is 0.930 bits per heavy atom. The lowest BCUT2D eigenvalue weighted by Crippen LogP contribution is -2.59. The van der Waals surface area contributed by atoms with Gasteiger partial charge in [0.25, 0.3) is 5.91 Å². The molecule has 4 heterocycles. The number of methoxy groups -OCH3 is 1. The van der Waals surface area contributed by atoms with Crippen molar-refractivity contribution in [3.8, 4) is 0 Å². The summed E-state index contributed by atoms with van der Waals surface area (Å²) >= 11 is 0. The van der Waals surface area contributed by atoms with Gasteiger partial charge >= 0.3 is 0 Å². The molecule has 3 aliphatic heterocycles. The van der Waals surface area contributed by atoms with Gasteiger partial charge in [0, 0.05) is 84.9 Å². The molecule has 0 spiro atoms. The Kier molecular flexibility index (Phi) is 10.7. The Balaban J connectivity index is 0.853. The third-order valence-electron chi connectivity index (χ3n) is 12.1. The van der Waals surface area contributed by atoms with Crippen molar-refractivity contribution in [1.29, 1.82) is 0 Å². The number of ether oxygens (including phenoxy) is 1. The molecule has 0 bridgehead atoms. The number of aromatic nitrogens is 1. The molecule has 5 N–H and O–H groups in total. The molecule has 2 fully saturated rings. The van der Waals surface area contributed by atoms with Gasteiger partial charge in [0.05, 0.1) is 18.8 Å². The number of likely N-dealkylation sites (N-methyl/N-ethyl adjacent to an activating group) is 1. The van der Waals surface area contributed by atoms with E-state index < -0.39 is 6.04 Å². The van der Waals surface area contributed by atoms with E-state index in [1.165, 1.54) is 12.1 Å². The number of fused-ring (bicyclic) bond motifs is 2. The summed E-state index contributed by atoms with van der Waals surface area (Å²) in [5, 5.41) is 11.9. The maximum Gasteiger partial charge on any atom is 0.272 e. The summed E-state index contributed by atoms with van der Waals surface area (Å²) < 4.78 is 34.6. The van der Waals surface area contributed by atoms with Crippen LogP contribution in [0.15, 0.2) is 78.9 Å². The molecule has 0 radical (unpaired) electrons. The molecular formula is C44H50F2N8O3. The number of carbonyl (C=O) groups excluding carboxylic acids is 2. The molecule has 2 unspecified atom stereocenters. The summed E-state index contributed by atoms with van der Waals surface area (Å²) in [6.07, 6.45) is 2.09. The molecule has 13 heteroatoms. The maximum absolute atomic E-state index is 14.4. The van der Waals surface area contributed by atoms with E-state index in [1.54, 1.807) is 25.3 Å². The fourth-order valence-corrected chi connectivity index (χ4v) is 8.71. The first-order chi connectivity index (χ1) is 27.5. The first-order valence-electron chi connectivity index (χ1n) is 19.6. The number of hydrogen-bond acceptors (Lipinski definition) is 8. The lowest BCUT2D eigenvalue weighted by molar-refractivity contribution is -0.116. The Morgan fingerprint density at radius 2 is 1.67 bits per heavy atom. The Hall–Kier alpha value is -5.34. The number of aryl methyl sites for hydroxylation is 2. The van der Waals surface area contributed by atoms with E-state index in [2.05, 4.69) is 60.3 Å². The zero-order chi connectivity index (χ0) is 39.8. The minimum absolute atomic E-state index is 0.167. The fraction of sp³-hybridized carbons (Fsp3) is 0.364. The summed E-state index contributed by atoms with van der Waals surface area (Å²) in [7, 11) is 3.92. The van der Waals surface area contributed by atoms with Crippen LogP contribution in [-0.2, 0) is 16.0 Å². The molecule has 1 aromatic heterocycles. The number of rotatable bonds is 11. The van der Waals surface area contributed by atoms with Gasteiger partial charge in [-0.15, -0.1) is 0 Å². The Labute approximate surface area is 331 Å². The number of anilines is 4. The lowest BCUT2D eigenvalue weighted by Gasteiger charge is -2.48. The zero-order valence-corrected chi connectivity index (χ0v) is 32.8. The number of nitrogens with zero attached hydrogens (tertiary/aromatic N) is 3. The predicted molar refractivity (Wildman–Crippen MR) is 221 cm³/mol. The van der Waals surface area contributed by atoms with Crippen molar-refractivity contribution in [2.75, 3.05) is 74.5 Å². The van der Waals surface area contributed by atoms with Crippen LogP contribution in [0.4, 0.5) is 31.5 Å². The minimum Gasteiger partial charge on any atom is -0.383 e. The van der Waals surface area contributed by atoms with Crippen molar-refractivity contribution >= 4 is 45.5 Å². The molecular weight excluding hydrogens is 727 g/mol. The monoisotopic (exact) mass is 776 g/mol. The van der Waals surface area contributed by atoms with Crippen LogP contribution >= 0.6 is 0 Å². The molecule has 2 amide bonds. The standard InChI is InChI=1S/C44H50F2N8O3/c1-27-11-13-36(45)34-21-38(50-40(27)34)42(55)48-31-8-5-7-29(19-31)30-23-47-54(24-30)26-52(3)44(25-57-4)15-17-53(18-16-44)33-10-6-9-32(20-33)49-43(56)39-22-35-37(46)14-12-28(2)41(35)51-39/h5-14,19-20,22,30,38,47,50-51H,15-18,21,23-26H2,1-4H3,(H,48,55)(H,49,56). The number of hydrogen-bond donors (Lipinski definition) is 5. The summed E-state index contributed by atoms with van der Waals surface area (Å²) in [6, 6.07) is 23.2. The average molecular weight is 777 g/mol. The number of carbonyl (C=O) groups is 2. The van der Waals surface area contributed by atoms with Gasteiger partial charge in [0.15, 0.2) is 0 Å². The number of amides is 2. The molecule has 11 nitrogen and oxygen atoms in total. The van der Waals surface area contributed by atoms with E-state index in [4.69, 9.17) is 4.74 Å². The molecule has 4 aromatic carbocycles. The third kappa shape index (κ3) is 7.84. The van der Waals surface area contributed by atoms with Crippen molar-refractivity contribution < 1.29 is 23.1 Å². The van der Waals surface area contributed by atoms with Crippen molar-refractivity contribution in [3.05, 3.63) is 118 Å². The van der Waals surface area contributed by atoms with Gasteiger partial charge in [0.2, 0.25) is 5.91 Å². The number of hydrazine groups is 1. The maximum atomic E-state index is 14.4. The first kappa shape index (κ1) is 38.5. The molecule has 57 heavy (non-hydrogen) atoms. The number of benzene rings is 4. The van der Waals surface area contributed by atoms with Gasteiger partial charge in [-0.3, -0.25) is 19.9 Å². The number of halogens is 2. The van der Waals surface area contributed by atoms with Crippen LogP contribution in [-0.4, -0.2) is 91.9 Å². The average Bonchev–Trinajstić information content (AvgIpc) is 3.99. The van der Waals surface area contributed by atoms with Crippen LogP contribution in [0.5, 0.6) is 0 Å². The minimum atomic E-state index is -0.530. The molecule has 5 aromatic rings. The highest BCUT2D eigenvalue weighted by atomic mass is 19.1. The van der Waals surface area contributed by atoms with Crippen LogP contribution in [0.25, 0.3) is 10.9 Å². The van der Waals surface area contributed by atoms with Crippen molar-refractivity contribution in [3.63, 3.8) is 0 Å². The molecule has 0 aliphatic carbocycles. The van der Waals surface area contributed by atoms with Crippen molar-refractivity contribution in [1.82, 2.24) is 20.3 Å². The SMILES string of the molecule is COCC1(N(C)CN2CC(c3cccc(NC(=O)C4Cc5c(F)ccc(C)c5N4)c3)CN2)CCN(c2cccc(NC(=O)c3cc4c(F)ccc(C)c4[nH]3)c2)CC1. The fourth-order valence-electron chi connectivity index (χ4n) is 8.71. The van der Waals surface area contributed by atoms with Crippen LogP contribution in [0.2, 0.25) is 0 Å². The summed E-state index contributed by atoms with van der Waals surface area (Å²) in [5.74, 6) is -0.919. The van der Waals surface area contributed by atoms with E-state index in [9.17, 15) is 18.4 Å². The van der Waals surface area contributed by atoms with Gasteiger partial charge in [-0.05, 0) is 99.0 Å². The van der Waals surface area contributed by atoms with Gasteiger partial charge in [0.1, 0.15) is 23.4 Å². The van der Waals surface area contributed by atoms with Gasteiger partial charge in [-0.2, -0.15) is 0 Å². The van der Waals surface area contributed by atoms with Crippen LogP contribution < -0.4 is 26.3 Å². The number of piperidine rings is 1. The number of nitrogens with one attached hydrogen (secondary N) is 5. The second-order valence-electron chi connectivity index (χ2n) is 15.8. The van der Waals surface area contributed by atoms with E-state index in [1.807, 2.05) is 50.2 Å². The predicted octanol–water partition coefficient (Wildman–Crippen LogP) is 6.77. The van der Waals surface area contributed by atoms with E-state index in [0.29, 0.717) is 47.5 Å². The largest absolute Gasteiger partial charge is 0.383 e. The molecule has 0 saturated carbocycles. The molecule has 2 saturated heterocycles. The van der Waals surface area contributed by atoms with E-state index >= 15 is 0 Å². The second kappa shape index (κ2) is 15.9. The first-order valence-corrected chi connectivity index (χ1v) is 19.6. The molecule has 8 rings (SSSR count). The van der Waals surface area contributed by atoms with Gasteiger partial charge in [-0.1, -0.05) is 30.3 Å². The lowest BCUT2D eigenvalue weighted by atomic mass is 9.86. The Bertz CT molecular complexity index is 2230. The highest BCUT2D eigenvalue weighted by Crippen LogP contribution is 2.35. The number of H-pyrrole nitrogens is 1. The summed E-state index contributed by atoms with van der Waals surface area (Å²) in [5.41, 5.74) is 11.0. The van der Waals surface area contributed by atoms with Crippen LogP contribution in [0, 0.1) is 25.5 Å². The molecule has 298 valence electrons. The summed E-state index contributed by atoms with van der Waals surface area (Å²) in [6.45, 7) is 8.32. The topological polar surface area (TPSA) is 117 Å². The smallest absolute Gasteiger partial charge is 0.272 e. The highest BCUT2D eigenvalue weighted by molar-refractivity contribution is 6.06. The van der Waals surface area contributed by atoms with Crippen LogP contribution in [0.3, 0.4) is 0 Å². The van der Waals surface area contributed by atoms with Crippen molar-refractivity contribution in [2.24, 2.45) is 0 Å². The highest BCUT2D eigenvalue weighted by Gasteiger charge is 2.40. The summed E-state index contributed by atoms with van der Waals surface area (Å²) in [4.78, 5) is 34.2. The van der Waals surface area contributed by atoms with Crippen LogP contribution in [0.1, 0.15) is 51.5 Å². The normalized spacial score (nSPS) is 19.2. The van der Waals surface area contributed by atoms with E-state index in [0.717, 1.165) is 72.8 Å². The molecule has 3 aliphatic rings. The van der Waals surface area contributed by atoms with Gasteiger partial charge < -0.3 is 30.6 Å².